The number of allylic oxidation sites excluding steroid dienone is 1. The second kappa shape index (κ2) is 17.0. The summed E-state index contributed by atoms with van der Waals surface area (Å²) in [4.78, 5) is 1.59. The van der Waals surface area contributed by atoms with E-state index in [0.29, 0.717) is 57.9 Å². The average Bonchev–Trinajstić information content (AvgIpc) is 3.66. The number of nitrogens with zero attached hydrogens (tertiary/aromatic N) is 4. The van der Waals surface area contributed by atoms with Crippen molar-refractivity contribution in [3.63, 3.8) is 0 Å². The molecule has 2 heterocycles. The van der Waals surface area contributed by atoms with Gasteiger partial charge in [-0.3, -0.25) is 0 Å². The molecule has 0 bridgehead atoms. The van der Waals surface area contributed by atoms with Gasteiger partial charge in [-0.15, -0.1) is 22.0 Å². The maximum atomic E-state index is 5.71. The van der Waals surface area contributed by atoms with E-state index in [4.69, 9.17) is 18.9 Å². The van der Waals surface area contributed by atoms with Gasteiger partial charge in [-0.2, -0.15) is 4.80 Å². The van der Waals surface area contributed by atoms with Crippen LogP contribution in [0.3, 0.4) is 0 Å². The quantitative estimate of drug-likeness (QED) is 0.211. The van der Waals surface area contributed by atoms with Gasteiger partial charge in [-0.1, -0.05) is 30.3 Å². The van der Waals surface area contributed by atoms with E-state index in [1.807, 2.05) is 37.7 Å². The fourth-order valence-corrected chi connectivity index (χ4v) is 5.26. The van der Waals surface area contributed by atoms with Crippen LogP contribution < -0.4 is 14.8 Å². The summed E-state index contributed by atoms with van der Waals surface area (Å²) in [5.41, 5.74) is 3.51. The van der Waals surface area contributed by atoms with Gasteiger partial charge >= 0.3 is 0 Å². The van der Waals surface area contributed by atoms with Crippen molar-refractivity contribution >= 4 is 11.8 Å². The zero-order chi connectivity index (χ0) is 27.8. The minimum Gasteiger partial charge on any atom is -0.490 e. The standard InChI is InChI=1S/C30H41N5O4S/c1-3-38-28-9-8-24(22-29(28)39-4-2)10-12-31-13-15-36-17-18-37-16-14-35-33-30(32-34-35)27-7-5-6-25(21-27)20-26-11-19-40-23-26/h5-9,11,19,21-22,26,31H,3-4,10,12-18,20,23H2,1-2H3. The first-order valence-corrected chi connectivity index (χ1v) is 15.2. The van der Waals surface area contributed by atoms with Crippen LogP contribution in [-0.4, -0.2) is 78.7 Å². The molecule has 0 fully saturated rings. The zero-order valence-corrected chi connectivity index (χ0v) is 24.4. The third-order valence-electron chi connectivity index (χ3n) is 6.32. The van der Waals surface area contributed by atoms with Crippen molar-refractivity contribution in [3.8, 4) is 22.9 Å². The summed E-state index contributed by atoms with van der Waals surface area (Å²) in [5, 5.41) is 18.5. The van der Waals surface area contributed by atoms with Crippen LogP contribution in [0.15, 0.2) is 53.9 Å². The molecular formula is C30H41N5O4S. The van der Waals surface area contributed by atoms with Crippen LogP contribution >= 0.6 is 11.8 Å². The van der Waals surface area contributed by atoms with Gasteiger partial charge < -0.3 is 24.3 Å². The first-order valence-electron chi connectivity index (χ1n) is 14.1. The number of ether oxygens (including phenoxy) is 4. The van der Waals surface area contributed by atoms with Gasteiger partial charge in [0.2, 0.25) is 5.82 Å². The Morgan fingerprint density at radius 3 is 2.60 bits per heavy atom. The Hall–Kier alpha value is -2.92. The molecule has 0 amide bonds. The molecule has 0 radical (unpaired) electrons. The van der Waals surface area contributed by atoms with Crippen molar-refractivity contribution < 1.29 is 18.9 Å². The Morgan fingerprint density at radius 1 is 0.925 bits per heavy atom. The Morgan fingerprint density at radius 2 is 1.77 bits per heavy atom. The Kier molecular flexibility index (Phi) is 12.8. The molecule has 2 aromatic carbocycles. The molecule has 1 atom stereocenters. The van der Waals surface area contributed by atoms with E-state index in [-0.39, 0.29) is 0 Å². The molecule has 1 aliphatic rings. The zero-order valence-electron chi connectivity index (χ0n) is 23.6. The molecule has 216 valence electrons. The lowest BCUT2D eigenvalue weighted by molar-refractivity contribution is 0.0439. The van der Waals surface area contributed by atoms with E-state index in [0.717, 1.165) is 48.7 Å². The molecule has 1 N–H and O–H groups in total. The lowest BCUT2D eigenvalue weighted by Gasteiger charge is -2.12. The fourth-order valence-electron chi connectivity index (χ4n) is 4.34. The van der Waals surface area contributed by atoms with Crippen LogP contribution in [0.25, 0.3) is 11.4 Å². The largest absolute Gasteiger partial charge is 0.490 e. The minimum absolute atomic E-state index is 0.509. The maximum Gasteiger partial charge on any atom is 0.204 e. The Labute approximate surface area is 241 Å². The fraction of sp³-hybridized carbons (Fsp3) is 0.500. The summed E-state index contributed by atoms with van der Waals surface area (Å²) in [6.45, 7) is 9.64. The molecule has 1 aliphatic heterocycles. The summed E-state index contributed by atoms with van der Waals surface area (Å²) in [5.74, 6) is 4.01. The van der Waals surface area contributed by atoms with Gasteiger partial charge in [-0.05, 0) is 79.1 Å². The van der Waals surface area contributed by atoms with E-state index in [9.17, 15) is 0 Å². The molecule has 0 spiro atoms. The monoisotopic (exact) mass is 567 g/mol. The molecule has 10 heteroatoms. The highest BCUT2D eigenvalue weighted by molar-refractivity contribution is 8.02. The van der Waals surface area contributed by atoms with E-state index in [1.54, 1.807) is 4.80 Å². The second-order valence-corrected chi connectivity index (χ2v) is 10.3. The third kappa shape index (κ3) is 9.92. The molecule has 0 saturated heterocycles. The highest BCUT2D eigenvalue weighted by Crippen LogP contribution is 2.28. The first-order chi connectivity index (χ1) is 19.7. The number of hydrogen-bond acceptors (Lipinski definition) is 9. The Balaban J connectivity index is 1.03. The predicted octanol–water partition coefficient (Wildman–Crippen LogP) is 4.42. The van der Waals surface area contributed by atoms with Crippen LogP contribution in [0.2, 0.25) is 0 Å². The summed E-state index contributed by atoms with van der Waals surface area (Å²) < 4.78 is 22.7. The van der Waals surface area contributed by atoms with Crippen molar-refractivity contribution in [1.82, 2.24) is 25.5 Å². The van der Waals surface area contributed by atoms with Crippen molar-refractivity contribution in [2.45, 2.75) is 33.2 Å². The molecule has 9 nitrogen and oxygen atoms in total. The van der Waals surface area contributed by atoms with Crippen molar-refractivity contribution in [2.75, 3.05) is 58.5 Å². The van der Waals surface area contributed by atoms with Crippen LogP contribution in [0, 0.1) is 5.92 Å². The van der Waals surface area contributed by atoms with Crippen LogP contribution in [0.1, 0.15) is 25.0 Å². The minimum atomic E-state index is 0.509. The van der Waals surface area contributed by atoms with Crippen LogP contribution in [0.4, 0.5) is 0 Å². The first kappa shape index (κ1) is 30.0. The van der Waals surface area contributed by atoms with E-state index in [2.05, 4.69) is 62.5 Å². The van der Waals surface area contributed by atoms with Crippen LogP contribution in [-0.2, 0) is 28.9 Å². The third-order valence-corrected chi connectivity index (χ3v) is 7.29. The van der Waals surface area contributed by atoms with E-state index in [1.165, 1.54) is 11.1 Å². The second-order valence-electron chi connectivity index (χ2n) is 9.41. The van der Waals surface area contributed by atoms with E-state index < -0.39 is 0 Å². The van der Waals surface area contributed by atoms with E-state index >= 15 is 0 Å². The lowest BCUT2D eigenvalue weighted by atomic mass is 9.99. The molecule has 1 aromatic heterocycles. The molecule has 1 unspecified atom stereocenters. The number of aromatic nitrogens is 4. The Bertz CT molecular complexity index is 1190. The van der Waals surface area contributed by atoms with Crippen molar-refractivity contribution in [2.24, 2.45) is 5.92 Å². The molecule has 3 aromatic rings. The normalized spacial score (nSPS) is 14.6. The molecular weight excluding hydrogens is 526 g/mol. The van der Waals surface area contributed by atoms with Crippen LogP contribution in [0.5, 0.6) is 11.5 Å². The van der Waals surface area contributed by atoms with Crippen molar-refractivity contribution in [1.29, 1.82) is 0 Å². The smallest absolute Gasteiger partial charge is 0.204 e. The molecule has 0 aliphatic carbocycles. The summed E-state index contributed by atoms with van der Waals surface area (Å²) in [7, 11) is 0. The topological polar surface area (TPSA) is 92.6 Å². The van der Waals surface area contributed by atoms with Gasteiger partial charge in [-0.25, -0.2) is 0 Å². The molecule has 0 saturated carbocycles. The maximum absolute atomic E-state index is 5.71. The number of tetrazole rings is 1. The number of rotatable bonds is 19. The van der Waals surface area contributed by atoms with Gasteiger partial charge in [0.15, 0.2) is 11.5 Å². The lowest BCUT2D eigenvalue weighted by Crippen LogP contribution is -2.23. The van der Waals surface area contributed by atoms with Gasteiger partial charge in [0.25, 0.3) is 0 Å². The highest BCUT2D eigenvalue weighted by atomic mass is 32.2. The van der Waals surface area contributed by atoms with Gasteiger partial charge in [0.1, 0.15) is 0 Å². The molecule has 40 heavy (non-hydrogen) atoms. The van der Waals surface area contributed by atoms with Gasteiger partial charge in [0.05, 0.1) is 46.2 Å². The number of thioether (sulfide) groups is 1. The predicted molar refractivity (Wildman–Crippen MR) is 159 cm³/mol. The highest BCUT2D eigenvalue weighted by Gasteiger charge is 2.12. The van der Waals surface area contributed by atoms with Gasteiger partial charge in [0, 0.05) is 17.9 Å². The summed E-state index contributed by atoms with van der Waals surface area (Å²) in [6.07, 6.45) is 4.24. The number of nitrogens with one attached hydrogen (secondary N) is 1. The summed E-state index contributed by atoms with van der Waals surface area (Å²) >= 11 is 1.88. The SMILES string of the molecule is CCOc1ccc(CCNCCOCCOCCn2nnc(-c3cccc(CC4C=CSC4)c3)n2)cc1OCC. The van der Waals surface area contributed by atoms with Crippen molar-refractivity contribution in [3.05, 3.63) is 65.1 Å². The number of hydrogen-bond donors (Lipinski definition) is 1. The molecule has 4 rings (SSSR count). The average molecular weight is 568 g/mol. The summed E-state index contributed by atoms with van der Waals surface area (Å²) in [6, 6.07) is 14.6. The number of benzene rings is 2.